The predicted molar refractivity (Wildman–Crippen MR) is 40.2 cm³/mol. The minimum Gasteiger partial charge on any atom is -0.236 e. The quantitative estimate of drug-likeness (QED) is 0.599. The second-order valence-electron chi connectivity index (χ2n) is 2.07. The number of nitrogens with zero attached hydrogens (tertiary/aromatic N) is 3. The Morgan fingerprint density at radius 1 is 1.45 bits per heavy atom. The first kappa shape index (κ1) is 6.09. The van der Waals surface area contributed by atoms with Crippen LogP contribution in [0.1, 0.15) is 0 Å². The van der Waals surface area contributed by atoms with E-state index in [0.717, 1.165) is 5.82 Å². The Labute approximate surface area is 64.3 Å². The molecule has 2 heterocycles. The summed E-state index contributed by atoms with van der Waals surface area (Å²) in [6.45, 7) is 0. The van der Waals surface area contributed by atoms with Crippen molar-refractivity contribution in [2.24, 2.45) is 0 Å². The average molecular weight is 144 g/mol. The third-order valence-corrected chi connectivity index (χ3v) is 1.34. The van der Waals surface area contributed by atoms with Crippen LogP contribution in [0.5, 0.6) is 0 Å². The highest BCUT2D eigenvalue weighted by Gasteiger charge is 1.92. The van der Waals surface area contributed by atoms with Gasteiger partial charge < -0.3 is 0 Å². The Morgan fingerprint density at radius 2 is 2.45 bits per heavy atom. The van der Waals surface area contributed by atoms with Crippen LogP contribution >= 0.6 is 0 Å². The molecule has 0 aromatic carbocycles. The summed E-state index contributed by atoms with van der Waals surface area (Å²) in [5.74, 6) is 0.814. The molecule has 0 aliphatic rings. The summed E-state index contributed by atoms with van der Waals surface area (Å²) < 4.78 is 1.70. The number of hydrogen-bond acceptors (Lipinski definition) is 2. The van der Waals surface area contributed by atoms with Crippen molar-refractivity contribution in [3.63, 3.8) is 0 Å². The maximum atomic E-state index is 4.07. The van der Waals surface area contributed by atoms with Gasteiger partial charge >= 0.3 is 0 Å². The lowest BCUT2D eigenvalue weighted by atomic mass is 10.5. The van der Waals surface area contributed by atoms with Crippen LogP contribution in [-0.2, 0) is 0 Å². The highest BCUT2D eigenvalue weighted by Crippen LogP contribution is 1.98. The number of hydrogen-bond donors (Lipinski definition) is 0. The molecule has 3 nitrogen and oxygen atoms in total. The van der Waals surface area contributed by atoms with Crippen LogP contribution in [0.2, 0.25) is 0 Å². The summed E-state index contributed by atoms with van der Waals surface area (Å²) in [7, 11) is 0. The van der Waals surface area contributed by atoms with Crippen LogP contribution in [-0.4, -0.2) is 14.8 Å². The van der Waals surface area contributed by atoms with Gasteiger partial charge in [-0.25, -0.2) is 9.67 Å². The average Bonchev–Trinajstić information content (AvgIpc) is 2.58. The Kier molecular flexibility index (Phi) is 1.41. The standard InChI is InChI=1S/C8H6N3/c1-2-5-9-8(4-1)11-7-3-6-10-11/h1,3-7H. The molecule has 0 N–H and O–H groups in total. The maximum Gasteiger partial charge on any atom is 0.153 e. The van der Waals surface area contributed by atoms with Crippen molar-refractivity contribution in [1.29, 1.82) is 0 Å². The van der Waals surface area contributed by atoms with E-state index in [1.807, 2.05) is 24.4 Å². The van der Waals surface area contributed by atoms with Gasteiger partial charge in [-0.3, -0.25) is 0 Å². The largest absolute Gasteiger partial charge is 0.236 e. The summed E-state index contributed by atoms with van der Waals surface area (Å²) in [4.78, 5) is 4.07. The molecule has 0 unspecified atom stereocenters. The van der Waals surface area contributed by atoms with Gasteiger partial charge in [-0.15, -0.1) is 0 Å². The minimum atomic E-state index is 0.814. The monoisotopic (exact) mass is 144 g/mol. The van der Waals surface area contributed by atoms with E-state index in [1.54, 1.807) is 17.1 Å². The number of pyridine rings is 1. The normalized spacial score (nSPS) is 9.82. The van der Waals surface area contributed by atoms with E-state index < -0.39 is 0 Å². The number of rotatable bonds is 1. The van der Waals surface area contributed by atoms with Crippen LogP contribution in [0.3, 0.4) is 0 Å². The van der Waals surface area contributed by atoms with Gasteiger partial charge in [-0.1, -0.05) is 0 Å². The first-order valence-corrected chi connectivity index (χ1v) is 3.29. The van der Waals surface area contributed by atoms with E-state index in [0.29, 0.717) is 0 Å². The van der Waals surface area contributed by atoms with Gasteiger partial charge in [0.25, 0.3) is 0 Å². The van der Waals surface area contributed by atoms with Crippen molar-refractivity contribution >= 4 is 0 Å². The van der Waals surface area contributed by atoms with Crippen molar-refractivity contribution in [3.8, 4) is 5.82 Å². The molecule has 0 aliphatic carbocycles. The lowest BCUT2D eigenvalue weighted by Crippen LogP contribution is -1.95. The molecule has 2 rings (SSSR count). The van der Waals surface area contributed by atoms with E-state index in [-0.39, 0.29) is 0 Å². The fourth-order valence-electron chi connectivity index (χ4n) is 0.852. The first-order valence-electron chi connectivity index (χ1n) is 3.29. The highest BCUT2D eigenvalue weighted by molar-refractivity contribution is 5.18. The van der Waals surface area contributed by atoms with Crippen molar-refractivity contribution < 1.29 is 0 Å². The SMILES string of the molecule is [c]1ccc(-n2cccn2)nc1. The molecule has 3 heteroatoms. The fourth-order valence-corrected chi connectivity index (χ4v) is 0.852. The Morgan fingerprint density at radius 3 is 3.09 bits per heavy atom. The topological polar surface area (TPSA) is 30.7 Å². The van der Waals surface area contributed by atoms with Crippen molar-refractivity contribution in [1.82, 2.24) is 14.8 Å². The second kappa shape index (κ2) is 2.54. The molecule has 0 atom stereocenters. The molecule has 0 spiro atoms. The third kappa shape index (κ3) is 1.12. The van der Waals surface area contributed by atoms with Gasteiger partial charge in [0.05, 0.1) is 0 Å². The summed E-state index contributed by atoms with van der Waals surface area (Å²) >= 11 is 0. The van der Waals surface area contributed by atoms with Crippen LogP contribution in [0.4, 0.5) is 0 Å². The van der Waals surface area contributed by atoms with Crippen LogP contribution in [0, 0.1) is 6.07 Å². The van der Waals surface area contributed by atoms with Gasteiger partial charge in [0.2, 0.25) is 0 Å². The molecule has 53 valence electrons. The molecule has 0 saturated carbocycles. The van der Waals surface area contributed by atoms with Crippen LogP contribution < -0.4 is 0 Å². The zero-order valence-electron chi connectivity index (χ0n) is 5.81. The molecule has 2 aromatic heterocycles. The van der Waals surface area contributed by atoms with Gasteiger partial charge in [0.1, 0.15) is 0 Å². The van der Waals surface area contributed by atoms with Crippen molar-refractivity contribution in [3.05, 3.63) is 42.9 Å². The Bertz CT molecular complexity index is 312. The summed E-state index contributed by atoms with van der Waals surface area (Å²) in [6, 6.07) is 8.37. The van der Waals surface area contributed by atoms with Crippen LogP contribution in [0.25, 0.3) is 5.82 Å². The molecular formula is C8H6N3. The maximum absolute atomic E-state index is 4.07. The van der Waals surface area contributed by atoms with E-state index in [9.17, 15) is 0 Å². The molecule has 0 aliphatic heterocycles. The van der Waals surface area contributed by atoms with E-state index in [2.05, 4.69) is 16.1 Å². The molecule has 0 saturated heterocycles. The lowest BCUT2D eigenvalue weighted by Gasteiger charge is -1.96. The zero-order valence-corrected chi connectivity index (χ0v) is 5.81. The molecule has 11 heavy (non-hydrogen) atoms. The molecular weight excluding hydrogens is 138 g/mol. The van der Waals surface area contributed by atoms with Gasteiger partial charge in [0.15, 0.2) is 5.82 Å². The van der Waals surface area contributed by atoms with E-state index in [1.165, 1.54) is 0 Å². The minimum absolute atomic E-state index is 0.814. The summed E-state index contributed by atoms with van der Waals surface area (Å²) in [6.07, 6.45) is 5.19. The Balaban J connectivity index is 2.46. The lowest BCUT2D eigenvalue weighted by molar-refractivity contribution is 0.847. The summed E-state index contributed by atoms with van der Waals surface area (Å²) in [5.41, 5.74) is 0. The van der Waals surface area contributed by atoms with Gasteiger partial charge in [-0.2, -0.15) is 5.10 Å². The van der Waals surface area contributed by atoms with E-state index in [4.69, 9.17) is 0 Å². The molecule has 0 amide bonds. The molecule has 2 aromatic rings. The van der Waals surface area contributed by atoms with Gasteiger partial charge in [-0.05, 0) is 18.2 Å². The first-order chi connectivity index (χ1) is 5.47. The second-order valence-corrected chi connectivity index (χ2v) is 2.07. The van der Waals surface area contributed by atoms with Crippen LogP contribution in [0.15, 0.2) is 36.8 Å². The third-order valence-electron chi connectivity index (χ3n) is 1.34. The highest BCUT2D eigenvalue weighted by atomic mass is 15.3. The Hall–Kier alpha value is -1.64. The fraction of sp³-hybridized carbons (Fsp3) is 0. The molecule has 1 radical (unpaired) electrons. The number of aromatic nitrogens is 3. The van der Waals surface area contributed by atoms with Crippen molar-refractivity contribution in [2.45, 2.75) is 0 Å². The zero-order chi connectivity index (χ0) is 7.52. The van der Waals surface area contributed by atoms with Gasteiger partial charge in [0, 0.05) is 24.7 Å². The predicted octanol–water partition coefficient (Wildman–Crippen LogP) is 1.07. The molecule has 0 bridgehead atoms. The van der Waals surface area contributed by atoms with Crippen molar-refractivity contribution in [2.75, 3.05) is 0 Å². The summed E-state index contributed by atoms with van der Waals surface area (Å²) in [5, 5.41) is 4.03. The van der Waals surface area contributed by atoms with E-state index >= 15 is 0 Å². The smallest absolute Gasteiger partial charge is 0.153 e. The molecule has 0 fully saturated rings.